The van der Waals surface area contributed by atoms with Crippen molar-refractivity contribution in [2.45, 2.75) is 32.4 Å². The number of aromatic nitrogens is 1. The molecule has 0 bridgehead atoms. The van der Waals surface area contributed by atoms with Crippen molar-refractivity contribution in [2.24, 2.45) is 5.73 Å². The summed E-state index contributed by atoms with van der Waals surface area (Å²) in [7, 11) is 1.62. The highest BCUT2D eigenvalue weighted by atomic mass is 16.5. The maximum Gasteiger partial charge on any atom is 0.239 e. The number of nitrogens with zero attached hydrogens (tertiary/aromatic N) is 2. The number of ether oxygens (including phenoxy) is 1. The predicted octanol–water partition coefficient (Wildman–Crippen LogP) is 1.18. The van der Waals surface area contributed by atoms with Crippen LogP contribution in [0.4, 0.5) is 0 Å². The number of amides is 1. The number of hydrogen-bond acceptors (Lipinski definition) is 4. The number of methoxy groups -OCH3 is 1. The monoisotopic (exact) mass is 265 g/mol. The van der Waals surface area contributed by atoms with Gasteiger partial charge in [0.15, 0.2) is 0 Å². The van der Waals surface area contributed by atoms with Crippen molar-refractivity contribution in [3.8, 4) is 0 Å². The Hall–Kier alpha value is -1.46. The first kappa shape index (κ1) is 15.6. The molecule has 0 saturated carbocycles. The Kier molecular flexibility index (Phi) is 7.07. The third-order valence-corrected chi connectivity index (χ3v) is 2.87. The highest BCUT2D eigenvalue weighted by molar-refractivity contribution is 5.81. The molecule has 19 heavy (non-hydrogen) atoms. The molecule has 0 aromatic carbocycles. The molecule has 0 spiro atoms. The lowest BCUT2D eigenvalue weighted by atomic mass is 10.1. The number of pyridine rings is 1. The van der Waals surface area contributed by atoms with E-state index in [0.717, 1.165) is 12.1 Å². The van der Waals surface area contributed by atoms with E-state index in [0.29, 0.717) is 26.1 Å². The second-order valence-corrected chi connectivity index (χ2v) is 4.47. The molecule has 5 heteroatoms. The van der Waals surface area contributed by atoms with Crippen LogP contribution in [0.2, 0.25) is 0 Å². The Labute approximate surface area is 114 Å². The van der Waals surface area contributed by atoms with Gasteiger partial charge in [-0.2, -0.15) is 0 Å². The van der Waals surface area contributed by atoms with Crippen molar-refractivity contribution in [2.75, 3.05) is 20.3 Å². The van der Waals surface area contributed by atoms with Gasteiger partial charge in [-0.15, -0.1) is 0 Å². The fourth-order valence-corrected chi connectivity index (χ4v) is 1.82. The highest BCUT2D eigenvalue weighted by Gasteiger charge is 2.20. The lowest BCUT2D eigenvalue weighted by molar-refractivity contribution is -0.134. The predicted molar refractivity (Wildman–Crippen MR) is 74.4 cm³/mol. The maximum atomic E-state index is 12.3. The number of rotatable bonds is 8. The van der Waals surface area contributed by atoms with Crippen molar-refractivity contribution in [3.05, 3.63) is 30.1 Å². The third kappa shape index (κ3) is 5.36. The Morgan fingerprint density at radius 3 is 2.89 bits per heavy atom. The van der Waals surface area contributed by atoms with E-state index in [2.05, 4.69) is 4.98 Å². The van der Waals surface area contributed by atoms with Crippen LogP contribution in [0.25, 0.3) is 0 Å². The normalized spacial score (nSPS) is 12.2. The van der Waals surface area contributed by atoms with E-state index in [4.69, 9.17) is 10.5 Å². The van der Waals surface area contributed by atoms with Crippen LogP contribution in [0.5, 0.6) is 0 Å². The van der Waals surface area contributed by atoms with E-state index in [9.17, 15) is 4.79 Å². The first-order valence-electron chi connectivity index (χ1n) is 6.62. The van der Waals surface area contributed by atoms with Crippen molar-refractivity contribution in [3.63, 3.8) is 0 Å². The summed E-state index contributed by atoms with van der Waals surface area (Å²) in [5.74, 6) is -0.0375. The molecule has 0 aliphatic heterocycles. The molecule has 5 nitrogen and oxygen atoms in total. The topological polar surface area (TPSA) is 68.5 Å². The molecular weight excluding hydrogens is 242 g/mol. The molecule has 1 amide bonds. The van der Waals surface area contributed by atoms with E-state index in [-0.39, 0.29) is 5.91 Å². The zero-order chi connectivity index (χ0) is 14.1. The van der Waals surface area contributed by atoms with Gasteiger partial charge in [-0.1, -0.05) is 19.4 Å². The summed E-state index contributed by atoms with van der Waals surface area (Å²) in [4.78, 5) is 18.2. The van der Waals surface area contributed by atoms with Crippen molar-refractivity contribution in [1.82, 2.24) is 9.88 Å². The summed E-state index contributed by atoms with van der Waals surface area (Å²) in [6, 6.07) is 5.23. The summed E-state index contributed by atoms with van der Waals surface area (Å²) in [6.07, 6.45) is 3.32. The van der Waals surface area contributed by atoms with Gasteiger partial charge in [-0.25, -0.2) is 0 Å². The summed E-state index contributed by atoms with van der Waals surface area (Å²) < 4.78 is 5.04. The average Bonchev–Trinajstić information content (AvgIpc) is 2.44. The fraction of sp³-hybridized carbons (Fsp3) is 0.571. The number of nitrogens with two attached hydrogens (primary N) is 1. The molecule has 1 heterocycles. The van der Waals surface area contributed by atoms with Crippen LogP contribution in [-0.4, -0.2) is 42.1 Å². The smallest absolute Gasteiger partial charge is 0.239 e. The fourth-order valence-electron chi connectivity index (χ4n) is 1.82. The highest BCUT2D eigenvalue weighted by Crippen LogP contribution is 2.05. The second-order valence-electron chi connectivity index (χ2n) is 4.47. The molecule has 1 aromatic heterocycles. The van der Waals surface area contributed by atoms with Gasteiger partial charge >= 0.3 is 0 Å². The molecule has 0 aliphatic rings. The summed E-state index contributed by atoms with van der Waals surface area (Å²) in [5.41, 5.74) is 6.76. The molecule has 0 aliphatic carbocycles. The van der Waals surface area contributed by atoms with Gasteiger partial charge in [0, 0.05) is 19.9 Å². The van der Waals surface area contributed by atoms with Gasteiger partial charge in [0.2, 0.25) is 5.91 Å². The Bertz CT molecular complexity index is 370. The number of carbonyl (C=O) groups excluding carboxylic acids is 1. The Morgan fingerprint density at radius 2 is 2.32 bits per heavy atom. The number of hydrogen-bond donors (Lipinski definition) is 1. The van der Waals surface area contributed by atoms with Crippen LogP contribution in [0, 0.1) is 0 Å². The Balaban J connectivity index is 2.68. The molecule has 1 aromatic rings. The minimum atomic E-state index is -0.439. The van der Waals surface area contributed by atoms with Crippen LogP contribution >= 0.6 is 0 Å². The number of carbonyl (C=O) groups is 1. The zero-order valence-corrected chi connectivity index (χ0v) is 11.7. The summed E-state index contributed by atoms with van der Waals surface area (Å²) in [6.45, 7) is 3.52. The SMILES string of the molecule is CCC[C@H](N)C(=O)N(CCOC)Cc1ccccn1. The van der Waals surface area contributed by atoms with Gasteiger partial charge < -0.3 is 15.4 Å². The molecular formula is C14H23N3O2. The summed E-state index contributed by atoms with van der Waals surface area (Å²) >= 11 is 0. The van der Waals surface area contributed by atoms with Gasteiger partial charge in [0.05, 0.1) is 24.9 Å². The van der Waals surface area contributed by atoms with Gasteiger partial charge in [-0.3, -0.25) is 9.78 Å². The largest absolute Gasteiger partial charge is 0.383 e. The first-order valence-corrected chi connectivity index (χ1v) is 6.62. The van der Waals surface area contributed by atoms with E-state index < -0.39 is 6.04 Å². The third-order valence-electron chi connectivity index (χ3n) is 2.87. The molecule has 2 N–H and O–H groups in total. The lowest BCUT2D eigenvalue weighted by Crippen LogP contribution is -2.44. The van der Waals surface area contributed by atoms with Gasteiger partial charge in [-0.05, 0) is 18.6 Å². The Morgan fingerprint density at radius 1 is 1.53 bits per heavy atom. The van der Waals surface area contributed by atoms with Crippen LogP contribution in [0.15, 0.2) is 24.4 Å². The molecule has 0 saturated heterocycles. The van der Waals surface area contributed by atoms with Crippen LogP contribution in [0.3, 0.4) is 0 Å². The average molecular weight is 265 g/mol. The van der Waals surface area contributed by atoms with Crippen LogP contribution < -0.4 is 5.73 Å². The van der Waals surface area contributed by atoms with Gasteiger partial charge in [0.25, 0.3) is 0 Å². The van der Waals surface area contributed by atoms with E-state index in [1.165, 1.54) is 0 Å². The molecule has 106 valence electrons. The van der Waals surface area contributed by atoms with E-state index in [1.807, 2.05) is 25.1 Å². The minimum absolute atomic E-state index is 0.0375. The van der Waals surface area contributed by atoms with Crippen molar-refractivity contribution in [1.29, 1.82) is 0 Å². The van der Waals surface area contributed by atoms with Crippen LogP contribution in [-0.2, 0) is 16.1 Å². The summed E-state index contributed by atoms with van der Waals surface area (Å²) in [5, 5.41) is 0. The van der Waals surface area contributed by atoms with Crippen LogP contribution in [0.1, 0.15) is 25.5 Å². The zero-order valence-electron chi connectivity index (χ0n) is 11.7. The van der Waals surface area contributed by atoms with E-state index >= 15 is 0 Å². The quantitative estimate of drug-likeness (QED) is 0.766. The molecule has 1 rings (SSSR count). The first-order chi connectivity index (χ1) is 9.19. The molecule has 1 atom stereocenters. The van der Waals surface area contributed by atoms with Gasteiger partial charge in [0.1, 0.15) is 0 Å². The lowest BCUT2D eigenvalue weighted by Gasteiger charge is -2.25. The van der Waals surface area contributed by atoms with Crippen molar-refractivity contribution >= 4 is 5.91 Å². The molecule has 0 radical (unpaired) electrons. The maximum absolute atomic E-state index is 12.3. The molecule has 0 unspecified atom stereocenters. The van der Waals surface area contributed by atoms with Crippen molar-refractivity contribution < 1.29 is 9.53 Å². The minimum Gasteiger partial charge on any atom is -0.383 e. The molecule has 0 fully saturated rings. The van der Waals surface area contributed by atoms with E-state index in [1.54, 1.807) is 18.2 Å². The second kappa shape index (κ2) is 8.61. The standard InChI is InChI=1S/C14H23N3O2/c1-3-6-13(15)14(18)17(9-10-19-2)11-12-7-4-5-8-16-12/h4-5,7-8,13H,3,6,9-11,15H2,1-2H3/t13-/m0/s1.